The van der Waals surface area contributed by atoms with Crippen molar-refractivity contribution in [2.45, 2.75) is 51.1 Å². The maximum Gasteiger partial charge on any atom is 0.307 e. The van der Waals surface area contributed by atoms with Gasteiger partial charge in [-0.05, 0) is 26.2 Å². The van der Waals surface area contributed by atoms with Gasteiger partial charge >= 0.3 is 5.97 Å². The second-order valence-electron chi connectivity index (χ2n) is 4.23. The number of carbonyl (C=O) groups excluding carboxylic acids is 2. The van der Waals surface area contributed by atoms with Crippen LogP contribution in [0, 0.1) is 0 Å². The van der Waals surface area contributed by atoms with Crippen LogP contribution >= 0.6 is 0 Å². The molecule has 0 bridgehead atoms. The number of nitrogens with zero attached hydrogens (tertiary/aromatic N) is 1. The highest BCUT2D eigenvalue weighted by Gasteiger charge is 2.41. The van der Waals surface area contributed by atoms with E-state index in [-0.39, 0.29) is 17.9 Å². The zero-order valence-corrected chi connectivity index (χ0v) is 9.07. The van der Waals surface area contributed by atoms with E-state index in [0.717, 1.165) is 19.3 Å². The largest absolute Gasteiger partial charge is 0.466 e. The number of ether oxygens (including phenoxy) is 1. The summed E-state index contributed by atoms with van der Waals surface area (Å²) in [5, 5.41) is 0. The maximum atomic E-state index is 11.6. The van der Waals surface area contributed by atoms with Crippen LogP contribution in [0.1, 0.15) is 39.0 Å². The molecule has 2 heterocycles. The van der Waals surface area contributed by atoms with Crippen molar-refractivity contribution in [2.24, 2.45) is 0 Å². The van der Waals surface area contributed by atoms with E-state index in [4.69, 9.17) is 4.74 Å². The lowest BCUT2D eigenvalue weighted by Crippen LogP contribution is -2.36. The highest BCUT2D eigenvalue weighted by atomic mass is 16.5. The second-order valence-corrected chi connectivity index (χ2v) is 4.23. The molecule has 4 heteroatoms. The zero-order valence-electron chi connectivity index (χ0n) is 9.07. The molecule has 0 aliphatic carbocycles. The molecule has 0 saturated carbocycles. The lowest BCUT2D eigenvalue weighted by Gasteiger charge is -2.23. The summed E-state index contributed by atoms with van der Waals surface area (Å²) in [4.78, 5) is 24.8. The van der Waals surface area contributed by atoms with Gasteiger partial charge in [0.2, 0.25) is 5.91 Å². The molecule has 0 N–H and O–H groups in total. The van der Waals surface area contributed by atoms with E-state index in [1.807, 2.05) is 4.90 Å². The Hall–Kier alpha value is -1.06. The lowest BCUT2D eigenvalue weighted by atomic mass is 10.1. The Balaban J connectivity index is 1.93. The number of rotatable bonds is 3. The second kappa shape index (κ2) is 4.21. The molecule has 2 aliphatic rings. The molecule has 2 fully saturated rings. The topological polar surface area (TPSA) is 46.6 Å². The van der Waals surface area contributed by atoms with E-state index in [0.29, 0.717) is 25.5 Å². The smallest absolute Gasteiger partial charge is 0.307 e. The molecule has 15 heavy (non-hydrogen) atoms. The molecular formula is C11H17NO3. The highest BCUT2D eigenvalue weighted by Crippen LogP contribution is 2.34. The fourth-order valence-electron chi connectivity index (χ4n) is 2.68. The van der Waals surface area contributed by atoms with Crippen molar-refractivity contribution in [1.29, 1.82) is 0 Å². The Morgan fingerprint density at radius 1 is 1.47 bits per heavy atom. The van der Waals surface area contributed by atoms with Gasteiger partial charge in [0.15, 0.2) is 0 Å². The number of esters is 1. The summed E-state index contributed by atoms with van der Waals surface area (Å²) in [6.45, 7) is 2.22. The average Bonchev–Trinajstić information content (AvgIpc) is 2.72. The van der Waals surface area contributed by atoms with Crippen molar-refractivity contribution in [2.75, 3.05) is 6.61 Å². The number of amides is 1. The fraction of sp³-hybridized carbons (Fsp3) is 0.818. The van der Waals surface area contributed by atoms with Crippen molar-refractivity contribution in [3.05, 3.63) is 0 Å². The molecule has 2 rings (SSSR count). The van der Waals surface area contributed by atoms with Gasteiger partial charge in [0.05, 0.1) is 13.0 Å². The van der Waals surface area contributed by atoms with Gasteiger partial charge in [-0.3, -0.25) is 9.59 Å². The number of hydrogen-bond acceptors (Lipinski definition) is 3. The van der Waals surface area contributed by atoms with Gasteiger partial charge in [-0.2, -0.15) is 0 Å². The summed E-state index contributed by atoms with van der Waals surface area (Å²) >= 11 is 0. The van der Waals surface area contributed by atoms with Crippen molar-refractivity contribution < 1.29 is 14.3 Å². The molecule has 84 valence electrons. The summed E-state index contributed by atoms with van der Waals surface area (Å²) in [5.74, 6) is 0.0367. The summed E-state index contributed by atoms with van der Waals surface area (Å²) in [6, 6.07) is 0.501. The summed E-state index contributed by atoms with van der Waals surface area (Å²) < 4.78 is 4.91. The first kappa shape index (κ1) is 10.5. The minimum Gasteiger partial charge on any atom is -0.466 e. The molecule has 4 nitrogen and oxygen atoms in total. The van der Waals surface area contributed by atoms with Crippen LogP contribution in [0.5, 0.6) is 0 Å². The van der Waals surface area contributed by atoms with Crippen molar-refractivity contribution in [1.82, 2.24) is 4.90 Å². The van der Waals surface area contributed by atoms with E-state index in [1.54, 1.807) is 6.92 Å². The molecule has 2 saturated heterocycles. The normalized spacial score (nSPS) is 29.4. The predicted molar refractivity (Wildman–Crippen MR) is 54.1 cm³/mol. The predicted octanol–water partition coefficient (Wildman–Crippen LogP) is 1.09. The molecule has 0 radical (unpaired) electrons. The van der Waals surface area contributed by atoms with Crippen LogP contribution in [0.2, 0.25) is 0 Å². The minimum absolute atomic E-state index is 0.101. The van der Waals surface area contributed by atoms with Gasteiger partial charge in [0.1, 0.15) is 0 Å². The first-order valence-electron chi connectivity index (χ1n) is 5.69. The van der Waals surface area contributed by atoms with Gasteiger partial charge in [0, 0.05) is 18.5 Å². The molecule has 0 aromatic carbocycles. The van der Waals surface area contributed by atoms with Gasteiger partial charge in [0.25, 0.3) is 0 Å². The van der Waals surface area contributed by atoms with E-state index in [2.05, 4.69) is 0 Å². The number of fused-ring (bicyclic) bond motifs is 1. The third-order valence-electron chi connectivity index (χ3n) is 3.31. The first-order chi connectivity index (χ1) is 7.22. The minimum atomic E-state index is -0.178. The molecule has 0 aromatic rings. The zero-order chi connectivity index (χ0) is 10.8. The Morgan fingerprint density at radius 2 is 2.27 bits per heavy atom. The van der Waals surface area contributed by atoms with Gasteiger partial charge in [-0.15, -0.1) is 0 Å². The van der Waals surface area contributed by atoms with Crippen LogP contribution in [0.25, 0.3) is 0 Å². The van der Waals surface area contributed by atoms with Crippen LogP contribution < -0.4 is 0 Å². The SMILES string of the molecule is CCOC(=O)CC1CCC2CCC(=O)N21. The summed E-state index contributed by atoms with van der Waals surface area (Å²) in [6.07, 6.45) is 4.00. The van der Waals surface area contributed by atoms with Crippen LogP contribution in [-0.4, -0.2) is 35.5 Å². The van der Waals surface area contributed by atoms with E-state index in [9.17, 15) is 9.59 Å². The first-order valence-corrected chi connectivity index (χ1v) is 5.69. The Bertz CT molecular complexity index is 277. The van der Waals surface area contributed by atoms with E-state index >= 15 is 0 Å². The molecule has 2 unspecified atom stereocenters. The van der Waals surface area contributed by atoms with Crippen LogP contribution in [-0.2, 0) is 14.3 Å². The van der Waals surface area contributed by atoms with Crippen LogP contribution in [0.15, 0.2) is 0 Å². The Morgan fingerprint density at radius 3 is 3.00 bits per heavy atom. The fourth-order valence-corrected chi connectivity index (χ4v) is 2.68. The lowest BCUT2D eigenvalue weighted by molar-refractivity contribution is -0.145. The van der Waals surface area contributed by atoms with Gasteiger partial charge in [-0.1, -0.05) is 0 Å². The quantitative estimate of drug-likeness (QED) is 0.656. The summed E-state index contributed by atoms with van der Waals surface area (Å²) in [7, 11) is 0. The van der Waals surface area contributed by atoms with Crippen LogP contribution in [0.4, 0.5) is 0 Å². The molecule has 0 aromatic heterocycles. The molecule has 2 aliphatic heterocycles. The summed E-state index contributed by atoms with van der Waals surface area (Å²) in [5.41, 5.74) is 0. The molecule has 2 atom stereocenters. The van der Waals surface area contributed by atoms with E-state index in [1.165, 1.54) is 0 Å². The molecule has 1 amide bonds. The molecular weight excluding hydrogens is 194 g/mol. The van der Waals surface area contributed by atoms with E-state index < -0.39 is 0 Å². The Kier molecular flexibility index (Phi) is 2.93. The van der Waals surface area contributed by atoms with Gasteiger partial charge < -0.3 is 9.64 Å². The monoisotopic (exact) mass is 211 g/mol. The Labute approximate surface area is 89.6 Å². The van der Waals surface area contributed by atoms with Crippen molar-refractivity contribution in [3.8, 4) is 0 Å². The number of hydrogen-bond donors (Lipinski definition) is 0. The molecule has 0 spiro atoms. The number of carbonyl (C=O) groups is 2. The van der Waals surface area contributed by atoms with Crippen molar-refractivity contribution in [3.63, 3.8) is 0 Å². The van der Waals surface area contributed by atoms with Gasteiger partial charge in [-0.25, -0.2) is 0 Å². The standard InChI is InChI=1S/C11H17NO3/c1-2-15-11(14)7-9-4-3-8-5-6-10(13)12(8)9/h8-9H,2-7H2,1H3. The average molecular weight is 211 g/mol. The third kappa shape index (κ3) is 1.98. The maximum absolute atomic E-state index is 11.6. The van der Waals surface area contributed by atoms with Crippen molar-refractivity contribution >= 4 is 11.9 Å². The highest BCUT2D eigenvalue weighted by molar-refractivity contribution is 5.80. The third-order valence-corrected chi connectivity index (χ3v) is 3.31. The van der Waals surface area contributed by atoms with Crippen LogP contribution in [0.3, 0.4) is 0 Å².